The fraction of sp³-hybridized carbons (Fsp3) is 0.250. The Balaban J connectivity index is 1.17. The van der Waals surface area contributed by atoms with Crippen LogP contribution in [-0.4, -0.2) is 0 Å². The molecule has 7 aromatic carbocycles. The monoisotopic (exact) mass is 741 g/mol. The second-order valence-electron chi connectivity index (χ2n) is 19.5. The van der Waals surface area contributed by atoms with Gasteiger partial charge in [0.05, 0.1) is 0 Å². The van der Waals surface area contributed by atoms with Crippen molar-refractivity contribution in [1.29, 1.82) is 0 Å². The molecule has 0 spiro atoms. The van der Waals surface area contributed by atoms with E-state index >= 15 is 0 Å². The first-order valence-corrected chi connectivity index (χ1v) is 20.7. The summed E-state index contributed by atoms with van der Waals surface area (Å²) in [7, 11) is 0. The highest BCUT2D eigenvalue weighted by atomic mass is 15.1. The standard InChI is InChI=1S/C56H55N/c1-53(2,3)50-34-45-49(35-51(50)54(4,5)6)56(9,10)47-22-16-20-42(52(45)47)38-25-29-40(30-26-38)57(39-27-23-37(24-28-39)36-17-12-11-13-18-36)41-31-32-44-43-19-14-15-21-46(43)55(7,8)48(44)33-41/h11-35H,1-10H3. The number of hydrogen-bond donors (Lipinski definition) is 0. The van der Waals surface area contributed by atoms with Crippen molar-refractivity contribution >= 4 is 17.1 Å². The molecule has 1 nitrogen and oxygen atoms in total. The Labute approximate surface area is 341 Å². The van der Waals surface area contributed by atoms with Gasteiger partial charge >= 0.3 is 0 Å². The minimum atomic E-state index is -0.0965. The molecular formula is C56H55N. The van der Waals surface area contributed by atoms with Crippen LogP contribution < -0.4 is 4.90 Å². The maximum atomic E-state index is 2.54. The second-order valence-corrected chi connectivity index (χ2v) is 19.5. The van der Waals surface area contributed by atoms with E-state index in [2.05, 4.69) is 226 Å². The van der Waals surface area contributed by atoms with Gasteiger partial charge in [-0.2, -0.15) is 0 Å². The summed E-state index contributed by atoms with van der Waals surface area (Å²) in [5.41, 5.74) is 22.2. The van der Waals surface area contributed by atoms with E-state index in [1.54, 1.807) is 0 Å². The lowest BCUT2D eigenvalue weighted by molar-refractivity contribution is 0.527. The average Bonchev–Trinajstić information content (AvgIpc) is 3.57. The SMILES string of the molecule is CC(C)(C)c1cc2c(cc1C(C)(C)C)C(C)(C)c1cccc(-c3ccc(N(c4ccc(-c5ccccc5)cc4)c4ccc5c(c4)C(C)(C)c4ccccc4-5)cc3)c1-2. The fourth-order valence-electron chi connectivity index (χ4n) is 9.82. The van der Waals surface area contributed by atoms with E-state index in [4.69, 9.17) is 0 Å². The van der Waals surface area contributed by atoms with Gasteiger partial charge in [0, 0.05) is 27.9 Å². The summed E-state index contributed by atoms with van der Waals surface area (Å²) in [5.74, 6) is 0. The van der Waals surface area contributed by atoms with Crippen LogP contribution in [0.1, 0.15) is 103 Å². The highest BCUT2D eigenvalue weighted by molar-refractivity contribution is 5.94. The molecule has 0 saturated heterocycles. The van der Waals surface area contributed by atoms with Crippen LogP contribution in [0.25, 0.3) is 44.5 Å². The molecule has 0 bridgehead atoms. The Hall–Kier alpha value is -5.66. The predicted octanol–water partition coefficient (Wildman–Crippen LogP) is 15.7. The third-order valence-corrected chi connectivity index (χ3v) is 12.9. The number of fused-ring (bicyclic) bond motifs is 6. The highest BCUT2D eigenvalue weighted by Gasteiger charge is 2.40. The largest absolute Gasteiger partial charge is 0.310 e. The van der Waals surface area contributed by atoms with Crippen LogP contribution in [-0.2, 0) is 21.7 Å². The fourth-order valence-corrected chi connectivity index (χ4v) is 9.82. The van der Waals surface area contributed by atoms with Crippen molar-refractivity contribution in [2.75, 3.05) is 4.90 Å². The Morgan fingerprint density at radius 2 is 0.825 bits per heavy atom. The molecule has 1 heteroatoms. The molecule has 7 aromatic rings. The van der Waals surface area contributed by atoms with Gasteiger partial charge in [0.15, 0.2) is 0 Å². The molecule has 0 radical (unpaired) electrons. The number of hydrogen-bond acceptors (Lipinski definition) is 1. The molecule has 57 heavy (non-hydrogen) atoms. The summed E-state index contributed by atoms with van der Waals surface area (Å²) in [6, 6.07) is 57.0. The Bertz CT molecular complexity index is 2660. The van der Waals surface area contributed by atoms with E-state index in [0.29, 0.717) is 0 Å². The van der Waals surface area contributed by atoms with Gasteiger partial charge < -0.3 is 4.90 Å². The minimum absolute atomic E-state index is 0.0272. The Morgan fingerprint density at radius 3 is 1.47 bits per heavy atom. The van der Waals surface area contributed by atoms with Gasteiger partial charge in [-0.25, -0.2) is 0 Å². The van der Waals surface area contributed by atoms with E-state index in [-0.39, 0.29) is 21.7 Å². The topological polar surface area (TPSA) is 3.24 Å². The molecule has 0 unspecified atom stereocenters. The normalized spacial score (nSPS) is 14.8. The van der Waals surface area contributed by atoms with Gasteiger partial charge in [-0.1, -0.05) is 178 Å². The summed E-state index contributed by atoms with van der Waals surface area (Å²) in [6.45, 7) is 23.7. The van der Waals surface area contributed by atoms with Crippen LogP contribution in [0, 0.1) is 0 Å². The van der Waals surface area contributed by atoms with Crippen LogP contribution in [0.2, 0.25) is 0 Å². The van der Waals surface area contributed by atoms with Crippen molar-refractivity contribution in [3.05, 3.63) is 185 Å². The Kier molecular flexibility index (Phi) is 8.38. The lowest BCUT2D eigenvalue weighted by Crippen LogP contribution is -2.24. The summed E-state index contributed by atoms with van der Waals surface area (Å²) in [5, 5.41) is 0. The van der Waals surface area contributed by atoms with Gasteiger partial charge in [-0.05, 0) is 131 Å². The first kappa shape index (κ1) is 36.9. The quantitative estimate of drug-likeness (QED) is 0.170. The molecule has 0 heterocycles. The van der Waals surface area contributed by atoms with Crippen LogP contribution >= 0.6 is 0 Å². The lowest BCUT2D eigenvalue weighted by Gasteiger charge is -2.32. The molecule has 0 atom stereocenters. The predicted molar refractivity (Wildman–Crippen MR) is 245 cm³/mol. The zero-order valence-corrected chi connectivity index (χ0v) is 35.4. The van der Waals surface area contributed by atoms with E-state index in [9.17, 15) is 0 Å². The molecule has 0 amide bonds. The van der Waals surface area contributed by atoms with Crippen LogP contribution in [0.3, 0.4) is 0 Å². The van der Waals surface area contributed by atoms with Crippen LogP contribution in [0.4, 0.5) is 17.1 Å². The Morgan fingerprint density at radius 1 is 0.351 bits per heavy atom. The lowest BCUT2D eigenvalue weighted by atomic mass is 9.72. The molecule has 2 aliphatic carbocycles. The third-order valence-electron chi connectivity index (χ3n) is 12.9. The first-order chi connectivity index (χ1) is 27.0. The number of rotatable bonds is 5. The van der Waals surface area contributed by atoms with Gasteiger partial charge in [-0.3, -0.25) is 0 Å². The second kappa shape index (κ2) is 12.9. The van der Waals surface area contributed by atoms with Gasteiger partial charge in [0.25, 0.3) is 0 Å². The number of benzene rings is 7. The molecule has 284 valence electrons. The number of nitrogens with zero attached hydrogens (tertiary/aromatic N) is 1. The first-order valence-electron chi connectivity index (χ1n) is 20.7. The molecule has 0 aliphatic heterocycles. The molecule has 0 aromatic heterocycles. The summed E-state index contributed by atoms with van der Waals surface area (Å²) >= 11 is 0. The maximum absolute atomic E-state index is 2.54. The van der Waals surface area contributed by atoms with E-state index in [1.165, 1.54) is 77.9 Å². The molecular weight excluding hydrogens is 687 g/mol. The zero-order chi connectivity index (χ0) is 40.1. The van der Waals surface area contributed by atoms with Gasteiger partial charge in [-0.15, -0.1) is 0 Å². The smallest absolute Gasteiger partial charge is 0.0465 e. The molecule has 0 saturated carbocycles. The van der Waals surface area contributed by atoms with Crippen LogP contribution in [0.15, 0.2) is 152 Å². The van der Waals surface area contributed by atoms with Crippen molar-refractivity contribution in [2.45, 2.75) is 90.9 Å². The van der Waals surface area contributed by atoms with Crippen molar-refractivity contribution in [3.63, 3.8) is 0 Å². The zero-order valence-electron chi connectivity index (χ0n) is 35.4. The molecule has 0 fully saturated rings. The van der Waals surface area contributed by atoms with Gasteiger partial charge in [0.1, 0.15) is 0 Å². The van der Waals surface area contributed by atoms with E-state index in [0.717, 1.165) is 17.1 Å². The van der Waals surface area contributed by atoms with E-state index in [1.807, 2.05) is 0 Å². The van der Waals surface area contributed by atoms with Crippen molar-refractivity contribution in [1.82, 2.24) is 0 Å². The maximum Gasteiger partial charge on any atom is 0.0465 e. The van der Waals surface area contributed by atoms with E-state index < -0.39 is 0 Å². The summed E-state index contributed by atoms with van der Waals surface area (Å²) in [6.07, 6.45) is 0. The average molecular weight is 742 g/mol. The van der Waals surface area contributed by atoms with Crippen molar-refractivity contribution < 1.29 is 0 Å². The van der Waals surface area contributed by atoms with Crippen LogP contribution in [0.5, 0.6) is 0 Å². The highest BCUT2D eigenvalue weighted by Crippen LogP contribution is 2.55. The number of anilines is 3. The van der Waals surface area contributed by atoms with Crippen molar-refractivity contribution in [2.24, 2.45) is 0 Å². The summed E-state index contributed by atoms with van der Waals surface area (Å²) < 4.78 is 0. The third kappa shape index (κ3) is 5.97. The van der Waals surface area contributed by atoms with Gasteiger partial charge in [0.2, 0.25) is 0 Å². The molecule has 9 rings (SSSR count). The minimum Gasteiger partial charge on any atom is -0.310 e. The molecule has 2 aliphatic rings. The summed E-state index contributed by atoms with van der Waals surface area (Å²) in [4.78, 5) is 2.43. The van der Waals surface area contributed by atoms with Crippen molar-refractivity contribution in [3.8, 4) is 44.5 Å². The molecule has 0 N–H and O–H groups in total.